The van der Waals surface area contributed by atoms with Crippen LogP contribution >= 0.6 is 0 Å². The molecule has 3 aromatic rings. The molecule has 3 rings (SSSR count). The quantitative estimate of drug-likeness (QED) is 0.707. The molecule has 0 spiro atoms. The Labute approximate surface area is 152 Å². The fourth-order valence-corrected chi connectivity index (χ4v) is 2.38. The molecule has 26 heavy (non-hydrogen) atoms. The van der Waals surface area contributed by atoms with Crippen molar-refractivity contribution >= 4 is 5.91 Å². The minimum absolute atomic E-state index is 0.0857. The molecule has 0 aliphatic rings. The number of carbonyl (C=O) groups excluding carboxylic acids is 1. The van der Waals surface area contributed by atoms with Gasteiger partial charge >= 0.3 is 0 Å². The molecule has 0 aliphatic carbocycles. The zero-order valence-electron chi connectivity index (χ0n) is 14.9. The first-order valence-corrected chi connectivity index (χ1v) is 8.52. The lowest BCUT2D eigenvalue weighted by Crippen LogP contribution is -2.28. The topological polar surface area (TPSA) is 77.2 Å². The van der Waals surface area contributed by atoms with Crippen molar-refractivity contribution in [3.63, 3.8) is 0 Å². The highest BCUT2D eigenvalue weighted by Gasteiger charge is 2.13. The lowest BCUT2D eigenvalue weighted by Gasteiger charge is -2.10. The van der Waals surface area contributed by atoms with Gasteiger partial charge < -0.3 is 14.5 Å². The van der Waals surface area contributed by atoms with Crippen LogP contribution in [-0.4, -0.2) is 22.7 Å². The molecule has 0 aliphatic heterocycles. The Kier molecular flexibility index (Phi) is 5.63. The summed E-state index contributed by atoms with van der Waals surface area (Å²) in [7, 11) is 0. The largest absolute Gasteiger partial charge is 0.483 e. The lowest BCUT2D eigenvalue weighted by atomic mass is 10.1. The normalized spacial score (nSPS) is 10.5. The molecular weight excluding hydrogens is 330 g/mol. The van der Waals surface area contributed by atoms with Crippen LogP contribution in [0.25, 0.3) is 11.5 Å². The number of nitrogens with one attached hydrogen (secondary N) is 1. The molecule has 6 nitrogen and oxygen atoms in total. The molecule has 1 aromatic heterocycles. The van der Waals surface area contributed by atoms with Gasteiger partial charge in [0.25, 0.3) is 11.8 Å². The van der Waals surface area contributed by atoms with Gasteiger partial charge in [0.05, 0.1) is 5.56 Å². The van der Waals surface area contributed by atoms with Gasteiger partial charge in [-0.05, 0) is 24.6 Å². The van der Waals surface area contributed by atoms with Gasteiger partial charge in [-0.15, -0.1) is 10.2 Å². The number of rotatable bonds is 7. The number of carbonyl (C=O) groups is 1. The van der Waals surface area contributed by atoms with E-state index in [1.54, 1.807) is 6.07 Å². The van der Waals surface area contributed by atoms with Gasteiger partial charge in [0.2, 0.25) is 5.89 Å². The minimum atomic E-state index is -0.194. The molecular formula is C20H21N3O3. The van der Waals surface area contributed by atoms with Crippen LogP contribution in [0, 0.1) is 6.92 Å². The molecule has 0 bridgehead atoms. The SMILES string of the molecule is CCc1nnc(-c2ccccc2OCC(=O)NCc2ccc(C)cc2)o1. The Morgan fingerprint density at radius 2 is 1.88 bits per heavy atom. The third kappa shape index (κ3) is 4.47. The molecule has 134 valence electrons. The maximum Gasteiger partial charge on any atom is 0.258 e. The van der Waals surface area contributed by atoms with E-state index in [1.807, 2.05) is 56.3 Å². The van der Waals surface area contributed by atoms with E-state index in [1.165, 1.54) is 5.56 Å². The highest BCUT2D eigenvalue weighted by Crippen LogP contribution is 2.28. The van der Waals surface area contributed by atoms with Gasteiger partial charge in [-0.2, -0.15) is 0 Å². The number of hydrogen-bond donors (Lipinski definition) is 1. The Hall–Kier alpha value is -3.15. The summed E-state index contributed by atoms with van der Waals surface area (Å²) in [5.41, 5.74) is 2.90. The summed E-state index contributed by atoms with van der Waals surface area (Å²) in [6.45, 7) is 4.35. The van der Waals surface area contributed by atoms with Crippen LogP contribution in [0.1, 0.15) is 23.9 Å². The fourth-order valence-electron chi connectivity index (χ4n) is 2.38. The second kappa shape index (κ2) is 8.29. The summed E-state index contributed by atoms with van der Waals surface area (Å²) in [6.07, 6.45) is 0.664. The average Bonchev–Trinajstić information content (AvgIpc) is 3.15. The Morgan fingerprint density at radius 1 is 1.12 bits per heavy atom. The maximum atomic E-state index is 12.1. The monoisotopic (exact) mass is 351 g/mol. The number of aromatic nitrogens is 2. The summed E-state index contributed by atoms with van der Waals surface area (Å²) in [5.74, 6) is 1.28. The molecule has 0 atom stereocenters. The van der Waals surface area contributed by atoms with Crippen LogP contribution in [-0.2, 0) is 17.8 Å². The van der Waals surface area contributed by atoms with E-state index in [0.29, 0.717) is 36.1 Å². The predicted octanol–water partition coefficient (Wildman–Crippen LogP) is 3.30. The maximum absolute atomic E-state index is 12.1. The van der Waals surface area contributed by atoms with Gasteiger partial charge in [0.1, 0.15) is 5.75 Å². The van der Waals surface area contributed by atoms with Crippen molar-refractivity contribution in [1.29, 1.82) is 0 Å². The van der Waals surface area contributed by atoms with Crippen LogP contribution in [0.15, 0.2) is 52.9 Å². The molecule has 1 heterocycles. The molecule has 1 N–H and O–H groups in total. The zero-order valence-corrected chi connectivity index (χ0v) is 14.9. The van der Waals surface area contributed by atoms with Gasteiger partial charge in [-0.3, -0.25) is 4.79 Å². The van der Waals surface area contributed by atoms with Crippen LogP contribution in [0.2, 0.25) is 0 Å². The van der Waals surface area contributed by atoms with Gasteiger partial charge in [-0.1, -0.05) is 48.9 Å². The average molecular weight is 351 g/mol. The fraction of sp³-hybridized carbons (Fsp3) is 0.250. The van der Waals surface area contributed by atoms with Crippen molar-refractivity contribution in [2.45, 2.75) is 26.8 Å². The van der Waals surface area contributed by atoms with E-state index < -0.39 is 0 Å². The van der Waals surface area contributed by atoms with E-state index in [2.05, 4.69) is 15.5 Å². The molecule has 0 unspecified atom stereocenters. The highest BCUT2D eigenvalue weighted by molar-refractivity contribution is 5.77. The number of nitrogens with zero attached hydrogens (tertiary/aromatic N) is 2. The van der Waals surface area contributed by atoms with Crippen LogP contribution in [0.3, 0.4) is 0 Å². The van der Waals surface area contributed by atoms with Gasteiger partial charge in [0.15, 0.2) is 6.61 Å². The van der Waals surface area contributed by atoms with Gasteiger partial charge in [0, 0.05) is 13.0 Å². The van der Waals surface area contributed by atoms with Crippen molar-refractivity contribution in [3.8, 4) is 17.2 Å². The van der Waals surface area contributed by atoms with E-state index in [4.69, 9.17) is 9.15 Å². The first kappa shape index (κ1) is 17.7. The first-order valence-electron chi connectivity index (χ1n) is 8.52. The molecule has 6 heteroatoms. The predicted molar refractivity (Wildman–Crippen MR) is 97.6 cm³/mol. The number of aryl methyl sites for hydroxylation is 2. The third-order valence-corrected chi connectivity index (χ3v) is 3.86. The Balaban J connectivity index is 1.59. The van der Waals surface area contributed by atoms with E-state index in [-0.39, 0.29) is 12.5 Å². The number of amides is 1. The Bertz CT molecular complexity index is 872. The molecule has 1 amide bonds. The van der Waals surface area contributed by atoms with E-state index in [9.17, 15) is 4.79 Å². The summed E-state index contributed by atoms with van der Waals surface area (Å²) in [4.78, 5) is 12.1. The van der Waals surface area contributed by atoms with Crippen molar-refractivity contribution in [2.24, 2.45) is 0 Å². The molecule has 0 saturated heterocycles. The van der Waals surface area contributed by atoms with Crippen molar-refractivity contribution in [3.05, 3.63) is 65.5 Å². The van der Waals surface area contributed by atoms with E-state index >= 15 is 0 Å². The third-order valence-electron chi connectivity index (χ3n) is 3.86. The van der Waals surface area contributed by atoms with Crippen molar-refractivity contribution in [2.75, 3.05) is 6.61 Å². The number of ether oxygens (including phenoxy) is 1. The second-order valence-electron chi connectivity index (χ2n) is 5.90. The molecule has 0 saturated carbocycles. The standard InChI is InChI=1S/C20H21N3O3/c1-3-19-22-23-20(26-19)16-6-4-5-7-17(16)25-13-18(24)21-12-15-10-8-14(2)9-11-15/h4-11H,3,12-13H2,1-2H3,(H,21,24). The smallest absolute Gasteiger partial charge is 0.258 e. The number of benzene rings is 2. The summed E-state index contributed by atoms with van der Waals surface area (Å²) < 4.78 is 11.2. The summed E-state index contributed by atoms with van der Waals surface area (Å²) in [5, 5.41) is 10.8. The highest BCUT2D eigenvalue weighted by atomic mass is 16.5. The van der Waals surface area contributed by atoms with E-state index in [0.717, 1.165) is 5.56 Å². The molecule has 2 aromatic carbocycles. The van der Waals surface area contributed by atoms with Gasteiger partial charge in [-0.25, -0.2) is 0 Å². The second-order valence-corrected chi connectivity index (χ2v) is 5.90. The van der Waals surface area contributed by atoms with Crippen LogP contribution in [0.5, 0.6) is 5.75 Å². The first-order chi connectivity index (χ1) is 12.7. The van der Waals surface area contributed by atoms with Crippen molar-refractivity contribution < 1.29 is 13.9 Å². The Morgan fingerprint density at radius 3 is 2.62 bits per heavy atom. The molecule has 0 fully saturated rings. The van der Waals surface area contributed by atoms with Crippen LogP contribution in [0.4, 0.5) is 0 Å². The van der Waals surface area contributed by atoms with Crippen molar-refractivity contribution in [1.82, 2.24) is 15.5 Å². The van der Waals surface area contributed by atoms with Crippen LogP contribution < -0.4 is 10.1 Å². The lowest BCUT2D eigenvalue weighted by molar-refractivity contribution is -0.123. The number of para-hydroxylation sites is 1. The summed E-state index contributed by atoms with van der Waals surface area (Å²) in [6, 6.07) is 15.3. The summed E-state index contributed by atoms with van der Waals surface area (Å²) >= 11 is 0. The minimum Gasteiger partial charge on any atom is -0.483 e. The zero-order chi connectivity index (χ0) is 18.4. The number of hydrogen-bond acceptors (Lipinski definition) is 5. The molecule has 0 radical (unpaired) electrons.